The summed E-state index contributed by atoms with van der Waals surface area (Å²) in [5.74, 6) is 1.07. The number of aromatic hydroxyl groups is 1. The number of methoxy groups -OCH3 is 1. The Balaban J connectivity index is 1.35. The summed E-state index contributed by atoms with van der Waals surface area (Å²) in [6, 6.07) is 15.8. The quantitative estimate of drug-likeness (QED) is 0.555. The zero-order chi connectivity index (χ0) is 22.8. The van der Waals surface area contributed by atoms with E-state index in [9.17, 15) is 9.90 Å². The Morgan fingerprint density at radius 2 is 2.00 bits per heavy atom. The highest BCUT2D eigenvalue weighted by Gasteiger charge is 2.31. The second-order valence-electron chi connectivity index (χ2n) is 8.97. The third kappa shape index (κ3) is 5.03. The molecule has 5 rings (SSSR count). The summed E-state index contributed by atoms with van der Waals surface area (Å²) in [6.45, 7) is 3.04. The van der Waals surface area contributed by atoms with Crippen LogP contribution in [0.5, 0.6) is 11.5 Å². The number of hydrogen-bond donors (Lipinski definition) is 2. The number of hydrogen-bond acceptors (Lipinski definition) is 5. The number of nitrogens with zero attached hydrogens (tertiary/aromatic N) is 3. The van der Waals surface area contributed by atoms with Crippen LogP contribution in [0.15, 0.2) is 48.5 Å². The zero-order valence-corrected chi connectivity index (χ0v) is 19.0. The highest BCUT2D eigenvalue weighted by Crippen LogP contribution is 2.27. The summed E-state index contributed by atoms with van der Waals surface area (Å²) in [7, 11) is 1.67. The molecule has 0 spiro atoms. The predicted octanol–water partition coefficient (Wildman–Crippen LogP) is 3.29. The highest BCUT2D eigenvalue weighted by atomic mass is 16.5. The van der Waals surface area contributed by atoms with Gasteiger partial charge in [-0.05, 0) is 54.7 Å². The monoisotopic (exact) mass is 446 g/mol. The molecule has 0 saturated heterocycles. The van der Waals surface area contributed by atoms with Crippen LogP contribution in [0.25, 0.3) is 0 Å². The zero-order valence-electron chi connectivity index (χ0n) is 19.0. The summed E-state index contributed by atoms with van der Waals surface area (Å²) in [5, 5.41) is 17.7. The number of phenols is 1. The Kier molecular flexibility index (Phi) is 6.05. The molecule has 1 saturated carbocycles. The van der Waals surface area contributed by atoms with E-state index in [0.717, 1.165) is 67.9 Å². The SMILES string of the molecule is COc1ccc(CCn2nc(C(=O)NC3CC3)c3c2CCN(Cc2cccc(O)c2)C3)cc1. The van der Waals surface area contributed by atoms with Crippen molar-refractivity contribution in [2.24, 2.45) is 0 Å². The van der Waals surface area contributed by atoms with Crippen LogP contribution in [0, 0.1) is 0 Å². The largest absolute Gasteiger partial charge is 0.508 e. The fourth-order valence-electron chi connectivity index (χ4n) is 4.47. The highest BCUT2D eigenvalue weighted by molar-refractivity contribution is 5.94. The van der Waals surface area contributed by atoms with Crippen LogP contribution in [0.4, 0.5) is 0 Å². The third-order valence-electron chi connectivity index (χ3n) is 6.43. The fraction of sp³-hybridized carbons (Fsp3) is 0.385. The Hall–Kier alpha value is -3.32. The minimum atomic E-state index is -0.0591. The Bertz CT molecular complexity index is 1130. The predicted molar refractivity (Wildman–Crippen MR) is 125 cm³/mol. The van der Waals surface area contributed by atoms with Gasteiger partial charge in [-0.2, -0.15) is 5.10 Å². The van der Waals surface area contributed by atoms with Crippen LogP contribution in [-0.2, 0) is 32.5 Å². The molecule has 2 N–H and O–H groups in total. The topological polar surface area (TPSA) is 79.6 Å². The number of aromatic nitrogens is 2. The molecular weight excluding hydrogens is 416 g/mol. The molecule has 1 aliphatic heterocycles. The molecule has 0 atom stereocenters. The standard InChI is InChI=1S/C26H30N4O3/c1-33-22-9-5-18(6-10-22)11-14-30-24-12-13-29(16-19-3-2-4-21(31)15-19)17-23(24)25(28-30)26(32)27-20-7-8-20/h2-6,9-10,15,20,31H,7-8,11-14,16-17H2,1H3,(H,27,32). The van der Waals surface area contributed by atoms with E-state index in [0.29, 0.717) is 18.3 Å². The second kappa shape index (κ2) is 9.27. The van der Waals surface area contributed by atoms with Crippen molar-refractivity contribution in [3.63, 3.8) is 0 Å². The number of fused-ring (bicyclic) bond motifs is 1. The van der Waals surface area contributed by atoms with Crippen LogP contribution in [0.2, 0.25) is 0 Å². The number of carbonyl (C=O) groups excluding carboxylic acids is 1. The Labute approximate surface area is 194 Å². The van der Waals surface area contributed by atoms with Crippen LogP contribution in [-0.4, -0.2) is 45.4 Å². The average Bonchev–Trinajstić information content (AvgIpc) is 3.56. The molecule has 0 radical (unpaired) electrons. The van der Waals surface area contributed by atoms with Crippen molar-refractivity contribution in [1.82, 2.24) is 20.0 Å². The van der Waals surface area contributed by atoms with Gasteiger partial charge in [-0.15, -0.1) is 0 Å². The van der Waals surface area contributed by atoms with Gasteiger partial charge in [0.1, 0.15) is 11.5 Å². The van der Waals surface area contributed by atoms with Crippen LogP contribution in [0.1, 0.15) is 45.7 Å². The van der Waals surface area contributed by atoms with Crippen molar-refractivity contribution in [3.05, 3.63) is 76.6 Å². The van der Waals surface area contributed by atoms with Crippen molar-refractivity contribution in [1.29, 1.82) is 0 Å². The van der Waals surface area contributed by atoms with Gasteiger partial charge in [0.15, 0.2) is 5.69 Å². The lowest BCUT2D eigenvalue weighted by molar-refractivity contribution is 0.0943. The maximum atomic E-state index is 13.0. The maximum Gasteiger partial charge on any atom is 0.272 e. The van der Waals surface area contributed by atoms with Gasteiger partial charge in [-0.3, -0.25) is 14.4 Å². The Morgan fingerprint density at radius 3 is 2.73 bits per heavy atom. The van der Waals surface area contributed by atoms with Gasteiger partial charge in [-0.25, -0.2) is 0 Å². The Morgan fingerprint density at radius 1 is 1.18 bits per heavy atom. The number of aryl methyl sites for hydroxylation is 2. The van der Waals surface area contributed by atoms with Gasteiger partial charge in [0.05, 0.1) is 7.11 Å². The first-order valence-electron chi connectivity index (χ1n) is 11.6. The molecule has 0 bridgehead atoms. The van der Waals surface area contributed by atoms with E-state index in [1.54, 1.807) is 19.2 Å². The number of carbonyl (C=O) groups is 1. The van der Waals surface area contributed by atoms with E-state index in [1.165, 1.54) is 5.56 Å². The van der Waals surface area contributed by atoms with E-state index >= 15 is 0 Å². The number of benzene rings is 2. The molecule has 1 amide bonds. The summed E-state index contributed by atoms with van der Waals surface area (Å²) in [5.41, 5.74) is 5.04. The molecule has 33 heavy (non-hydrogen) atoms. The van der Waals surface area contributed by atoms with Crippen molar-refractivity contribution >= 4 is 5.91 Å². The molecule has 2 heterocycles. The van der Waals surface area contributed by atoms with Gasteiger partial charge < -0.3 is 15.2 Å². The molecule has 2 aromatic carbocycles. The van der Waals surface area contributed by atoms with Crippen molar-refractivity contribution < 1.29 is 14.6 Å². The summed E-state index contributed by atoms with van der Waals surface area (Å²) in [6.07, 6.45) is 3.79. The minimum absolute atomic E-state index is 0.0591. The normalized spacial score (nSPS) is 15.8. The summed E-state index contributed by atoms with van der Waals surface area (Å²) < 4.78 is 7.29. The van der Waals surface area contributed by atoms with Gasteiger partial charge in [-0.1, -0.05) is 24.3 Å². The molecule has 1 aliphatic carbocycles. The number of nitrogens with one attached hydrogen (secondary N) is 1. The fourth-order valence-corrected chi connectivity index (χ4v) is 4.47. The van der Waals surface area contributed by atoms with Crippen LogP contribution in [0.3, 0.4) is 0 Å². The third-order valence-corrected chi connectivity index (χ3v) is 6.43. The molecule has 1 fully saturated rings. The molecule has 7 heteroatoms. The van der Waals surface area contributed by atoms with Crippen molar-refractivity contribution in [2.75, 3.05) is 13.7 Å². The van der Waals surface area contributed by atoms with Crippen molar-refractivity contribution in [3.8, 4) is 11.5 Å². The molecule has 1 aromatic heterocycles. The minimum Gasteiger partial charge on any atom is -0.508 e. The summed E-state index contributed by atoms with van der Waals surface area (Å²) in [4.78, 5) is 15.3. The van der Waals surface area contributed by atoms with E-state index < -0.39 is 0 Å². The first-order chi connectivity index (χ1) is 16.1. The van der Waals surface area contributed by atoms with E-state index in [-0.39, 0.29) is 11.7 Å². The molecular formula is C26H30N4O3. The molecule has 172 valence electrons. The molecule has 3 aromatic rings. The van der Waals surface area contributed by atoms with Gasteiger partial charge >= 0.3 is 0 Å². The smallest absolute Gasteiger partial charge is 0.272 e. The van der Waals surface area contributed by atoms with E-state index in [2.05, 4.69) is 22.3 Å². The lowest BCUT2D eigenvalue weighted by Crippen LogP contribution is -2.32. The van der Waals surface area contributed by atoms with Crippen LogP contribution >= 0.6 is 0 Å². The maximum absolute atomic E-state index is 13.0. The van der Waals surface area contributed by atoms with E-state index in [1.807, 2.05) is 28.9 Å². The van der Waals surface area contributed by atoms with Crippen LogP contribution < -0.4 is 10.1 Å². The second-order valence-corrected chi connectivity index (χ2v) is 8.97. The molecule has 2 aliphatic rings. The number of ether oxygens (including phenoxy) is 1. The number of amides is 1. The van der Waals surface area contributed by atoms with Gasteiger partial charge in [0.2, 0.25) is 0 Å². The molecule has 0 unspecified atom stereocenters. The first kappa shape index (κ1) is 21.5. The average molecular weight is 447 g/mol. The number of phenolic OH excluding ortho intramolecular Hbond substituents is 1. The summed E-state index contributed by atoms with van der Waals surface area (Å²) >= 11 is 0. The lowest BCUT2D eigenvalue weighted by atomic mass is 10.0. The van der Waals surface area contributed by atoms with Crippen molar-refractivity contribution in [2.45, 2.75) is 51.4 Å². The number of rotatable bonds is 8. The molecule has 7 nitrogen and oxygen atoms in total. The van der Waals surface area contributed by atoms with Gasteiger partial charge in [0, 0.05) is 49.9 Å². The lowest BCUT2D eigenvalue weighted by Gasteiger charge is -2.27. The van der Waals surface area contributed by atoms with E-state index in [4.69, 9.17) is 9.84 Å². The first-order valence-corrected chi connectivity index (χ1v) is 11.6. The van der Waals surface area contributed by atoms with Gasteiger partial charge in [0.25, 0.3) is 5.91 Å².